The van der Waals surface area contributed by atoms with Gasteiger partial charge in [-0.05, 0) is 30.3 Å². The molecule has 0 atom stereocenters. The first kappa shape index (κ1) is 14.1. The summed E-state index contributed by atoms with van der Waals surface area (Å²) >= 11 is 0. The molecule has 0 aliphatic heterocycles. The van der Waals surface area contributed by atoms with E-state index in [1.807, 2.05) is 0 Å². The van der Waals surface area contributed by atoms with Crippen LogP contribution in [0.25, 0.3) is 0 Å². The molecule has 0 radical (unpaired) electrons. The van der Waals surface area contributed by atoms with Crippen molar-refractivity contribution in [3.63, 3.8) is 0 Å². The number of methoxy groups -OCH3 is 1. The maximum absolute atomic E-state index is 13.2. The summed E-state index contributed by atoms with van der Waals surface area (Å²) in [5.74, 6) is -0.356. The molecule has 0 aromatic heterocycles. The van der Waals surface area contributed by atoms with Gasteiger partial charge in [-0.15, -0.1) is 0 Å². The molecule has 5 nitrogen and oxygen atoms in total. The molecule has 106 valence electrons. The second kappa shape index (κ2) is 5.38. The molecule has 0 amide bonds. The lowest BCUT2D eigenvalue weighted by molar-refractivity contribution is 0.417. The van der Waals surface area contributed by atoms with Crippen molar-refractivity contribution in [3.8, 4) is 5.75 Å². The Balaban J connectivity index is 2.41. The quantitative estimate of drug-likeness (QED) is 0.848. The first-order valence-electron chi connectivity index (χ1n) is 5.64. The molecule has 2 aromatic carbocycles. The molecule has 0 spiro atoms. The number of para-hydroxylation sites is 2. The van der Waals surface area contributed by atoms with E-state index in [-0.39, 0.29) is 16.3 Å². The zero-order valence-corrected chi connectivity index (χ0v) is 11.4. The minimum Gasteiger partial charge on any atom is -0.495 e. The third-order valence-electron chi connectivity index (χ3n) is 2.56. The highest BCUT2D eigenvalue weighted by Gasteiger charge is 2.17. The number of hydrogen-bond donors (Lipinski definition) is 2. The third kappa shape index (κ3) is 3.00. The van der Waals surface area contributed by atoms with Crippen LogP contribution in [0.5, 0.6) is 5.75 Å². The van der Waals surface area contributed by atoms with Gasteiger partial charge in [0.2, 0.25) is 0 Å². The average molecular weight is 296 g/mol. The first-order chi connectivity index (χ1) is 9.42. The number of ether oxygens (including phenoxy) is 1. The van der Waals surface area contributed by atoms with Crippen LogP contribution in [0.3, 0.4) is 0 Å². The van der Waals surface area contributed by atoms with Crippen molar-refractivity contribution < 1.29 is 17.5 Å². The minimum absolute atomic E-state index is 0.0328. The fraction of sp³-hybridized carbons (Fsp3) is 0.0769. The number of benzene rings is 2. The Morgan fingerprint density at radius 1 is 1.20 bits per heavy atom. The normalized spacial score (nSPS) is 11.1. The van der Waals surface area contributed by atoms with Gasteiger partial charge in [-0.3, -0.25) is 4.72 Å². The Bertz CT molecular complexity index is 712. The van der Waals surface area contributed by atoms with Gasteiger partial charge in [0.1, 0.15) is 11.6 Å². The summed E-state index contributed by atoms with van der Waals surface area (Å²) in [4.78, 5) is -0.249. The predicted molar refractivity (Wildman–Crippen MR) is 74.6 cm³/mol. The van der Waals surface area contributed by atoms with Crippen LogP contribution in [-0.2, 0) is 10.0 Å². The SMILES string of the molecule is COc1ccccc1NS(=O)(=O)c1cc(N)cc(F)c1. The van der Waals surface area contributed by atoms with E-state index in [1.54, 1.807) is 24.3 Å². The lowest BCUT2D eigenvalue weighted by Gasteiger charge is -2.12. The Kier molecular flexibility index (Phi) is 3.80. The summed E-state index contributed by atoms with van der Waals surface area (Å²) in [6, 6.07) is 9.63. The second-order valence-corrected chi connectivity index (χ2v) is 5.71. The second-order valence-electron chi connectivity index (χ2n) is 4.03. The van der Waals surface area contributed by atoms with Gasteiger partial charge in [-0.2, -0.15) is 0 Å². The fourth-order valence-electron chi connectivity index (χ4n) is 1.67. The molecule has 0 bridgehead atoms. The molecule has 0 heterocycles. The number of hydrogen-bond acceptors (Lipinski definition) is 4. The van der Waals surface area contributed by atoms with Crippen LogP contribution < -0.4 is 15.2 Å². The molecule has 20 heavy (non-hydrogen) atoms. The van der Waals surface area contributed by atoms with Crippen molar-refractivity contribution in [2.45, 2.75) is 4.90 Å². The lowest BCUT2D eigenvalue weighted by atomic mass is 10.3. The van der Waals surface area contributed by atoms with E-state index < -0.39 is 15.8 Å². The van der Waals surface area contributed by atoms with Gasteiger partial charge >= 0.3 is 0 Å². The van der Waals surface area contributed by atoms with Crippen molar-refractivity contribution in [1.82, 2.24) is 0 Å². The van der Waals surface area contributed by atoms with Crippen LogP contribution in [0.4, 0.5) is 15.8 Å². The first-order valence-corrected chi connectivity index (χ1v) is 7.12. The van der Waals surface area contributed by atoms with E-state index >= 15 is 0 Å². The van der Waals surface area contributed by atoms with Crippen molar-refractivity contribution in [2.75, 3.05) is 17.6 Å². The van der Waals surface area contributed by atoms with Crippen LogP contribution in [0.2, 0.25) is 0 Å². The van der Waals surface area contributed by atoms with Gasteiger partial charge in [-0.1, -0.05) is 12.1 Å². The number of sulfonamides is 1. The number of nitrogen functional groups attached to an aromatic ring is 1. The Morgan fingerprint density at radius 2 is 1.90 bits per heavy atom. The Hall–Kier alpha value is -2.28. The van der Waals surface area contributed by atoms with E-state index in [9.17, 15) is 12.8 Å². The maximum Gasteiger partial charge on any atom is 0.262 e. The molecule has 0 unspecified atom stereocenters. The molecule has 0 saturated heterocycles. The predicted octanol–water partition coefficient (Wildman–Crippen LogP) is 2.22. The van der Waals surface area contributed by atoms with Gasteiger partial charge in [0.05, 0.1) is 17.7 Å². The number of halogens is 1. The molecule has 0 aliphatic rings. The van der Waals surface area contributed by atoms with E-state index in [2.05, 4.69) is 4.72 Å². The summed E-state index contributed by atoms with van der Waals surface area (Å²) < 4.78 is 45.0. The average Bonchev–Trinajstić information content (AvgIpc) is 2.38. The topological polar surface area (TPSA) is 81.4 Å². The molecular weight excluding hydrogens is 283 g/mol. The van der Waals surface area contributed by atoms with Crippen molar-refractivity contribution in [3.05, 3.63) is 48.3 Å². The molecule has 0 saturated carbocycles. The van der Waals surface area contributed by atoms with Crippen LogP contribution >= 0.6 is 0 Å². The minimum atomic E-state index is -3.94. The number of anilines is 2. The van der Waals surface area contributed by atoms with Crippen LogP contribution in [-0.4, -0.2) is 15.5 Å². The van der Waals surface area contributed by atoms with E-state index in [0.29, 0.717) is 5.75 Å². The smallest absolute Gasteiger partial charge is 0.262 e. The third-order valence-corrected chi connectivity index (χ3v) is 3.90. The molecule has 2 rings (SSSR count). The van der Waals surface area contributed by atoms with E-state index in [1.165, 1.54) is 13.2 Å². The molecule has 0 fully saturated rings. The standard InChI is InChI=1S/C13H13FN2O3S/c1-19-13-5-3-2-4-12(13)16-20(17,18)11-7-9(14)6-10(15)8-11/h2-8,16H,15H2,1H3. The number of nitrogens with one attached hydrogen (secondary N) is 1. The van der Waals surface area contributed by atoms with E-state index in [0.717, 1.165) is 12.1 Å². The summed E-state index contributed by atoms with van der Waals surface area (Å²) in [7, 11) is -2.52. The van der Waals surface area contributed by atoms with Crippen LogP contribution in [0, 0.1) is 5.82 Å². The fourth-order valence-corrected chi connectivity index (χ4v) is 2.81. The summed E-state index contributed by atoms with van der Waals surface area (Å²) in [5, 5.41) is 0. The maximum atomic E-state index is 13.2. The number of nitrogens with two attached hydrogens (primary N) is 1. The van der Waals surface area contributed by atoms with Gasteiger partial charge in [0.15, 0.2) is 0 Å². The van der Waals surface area contributed by atoms with Gasteiger partial charge in [0, 0.05) is 5.69 Å². The van der Waals surface area contributed by atoms with Crippen LogP contribution in [0.15, 0.2) is 47.4 Å². The van der Waals surface area contributed by atoms with Gasteiger partial charge in [-0.25, -0.2) is 12.8 Å². The highest BCUT2D eigenvalue weighted by atomic mass is 32.2. The highest BCUT2D eigenvalue weighted by molar-refractivity contribution is 7.92. The highest BCUT2D eigenvalue weighted by Crippen LogP contribution is 2.26. The van der Waals surface area contributed by atoms with Gasteiger partial charge in [0.25, 0.3) is 10.0 Å². The molecule has 0 aliphatic carbocycles. The summed E-state index contributed by atoms with van der Waals surface area (Å²) in [5.41, 5.74) is 5.74. The zero-order valence-electron chi connectivity index (χ0n) is 10.6. The molecular formula is C13H13FN2O3S. The molecule has 7 heteroatoms. The van der Waals surface area contributed by atoms with Crippen molar-refractivity contribution >= 4 is 21.4 Å². The largest absolute Gasteiger partial charge is 0.495 e. The van der Waals surface area contributed by atoms with Crippen molar-refractivity contribution in [2.24, 2.45) is 0 Å². The summed E-state index contributed by atoms with van der Waals surface area (Å²) in [6.07, 6.45) is 0. The Labute approximate surface area is 116 Å². The van der Waals surface area contributed by atoms with E-state index in [4.69, 9.17) is 10.5 Å². The number of rotatable bonds is 4. The lowest BCUT2D eigenvalue weighted by Crippen LogP contribution is -2.14. The zero-order chi connectivity index (χ0) is 14.8. The summed E-state index contributed by atoms with van der Waals surface area (Å²) in [6.45, 7) is 0. The molecule has 2 aromatic rings. The van der Waals surface area contributed by atoms with Gasteiger partial charge < -0.3 is 10.5 Å². The van der Waals surface area contributed by atoms with Crippen LogP contribution in [0.1, 0.15) is 0 Å². The Morgan fingerprint density at radius 3 is 2.55 bits per heavy atom. The molecule has 3 N–H and O–H groups in total. The van der Waals surface area contributed by atoms with Crippen molar-refractivity contribution in [1.29, 1.82) is 0 Å². The monoisotopic (exact) mass is 296 g/mol.